The molecule has 0 atom stereocenters. The Morgan fingerprint density at radius 2 is 2.10 bits per heavy atom. The number of ether oxygens (including phenoxy) is 2. The first-order chi connectivity index (χ1) is 9.56. The number of nitrogens with zero attached hydrogens (tertiary/aromatic N) is 1. The highest BCUT2D eigenvalue weighted by Gasteiger charge is 2.15. The first-order valence-electron chi connectivity index (χ1n) is 6.29. The van der Waals surface area contributed by atoms with Gasteiger partial charge in [0.25, 0.3) is 0 Å². The maximum absolute atomic E-state index is 11.9. The van der Waals surface area contributed by atoms with Gasteiger partial charge in [0.2, 0.25) is 5.91 Å². The Balaban J connectivity index is 2.39. The van der Waals surface area contributed by atoms with Gasteiger partial charge >= 0.3 is 5.97 Å². The lowest BCUT2D eigenvalue weighted by atomic mass is 10.3. The van der Waals surface area contributed by atoms with Crippen molar-refractivity contribution in [2.24, 2.45) is 0 Å². The molecule has 0 bridgehead atoms. The van der Waals surface area contributed by atoms with Crippen molar-refractivity contribution < 1.29 is 19.1 Å². The third-order valence-electron chi connectivity index (χ3n) is 2.66. The zero-order chi connectivity index (χ0) is 15.0. The van der Waals surface area contributed by atoms with Gasteiger partial charge in [-0.3, -0.25) is 9.59 Å². The number of carbonyl (C=O) groups is 2. The van der Waals surface area contributed by atoms with Gasteiger partial charge in [-0.1, -0.05) is 22.0 Å². The zero-order valence-corrected chi connectivity index (χ0v) is 13.2. The standard InChI is InChI=1S/C14H18BrNO4/c1-3-16(10-14(18)19-2)13(17)7-8-20-12-6-4-5-11(15)9-12/h4-6,9H,3,7-8,10H2,1-2H3. The number of likely N-dealkylation sites (N-methyl/N-ethyl adjacent to an activating group) is 1. The molecule has 0 saturated heterocycles. The Bertz CT molecular complexity index is 464. The maximum Gasteiger partial charge on any atom is 0.325 e. The highest BCUT2D eigenvalue weighted by Crippen LogP contribution is 2.17. The van der Waals surface area contributed by atoms with E-state index in [1.807, 2.05) is 31.2 Å². The molecule has 0 N–H and O–H groups in total. The summed E-state index contributed by atoms with van der Waals surface area (Å²) in [5.74, 6) is 0.143. The van der Waals surface area contributed by atoms with E-state index in [-0.39, 0.29) is 25.5 Å². The minimum Gasteiger partial charge on any atom is -0.493 e. The van der Waals surface area contributed by atoms with Crippen molar-refractivity contribution in [2.75, 3.05) is 26.8 Å². The lowest BCUT2D eigenvalue weighted by molar-refractivity contribution is -0.147. The van der Waals surface area contributed by atoms with E-state index >= 15 is 0 Å². The fourth-order valence-electron chi connectivity index (χ4n) is 1.57. The lowest BCUT2D eigenvalue weighted by Gasteiger charge is -2.19. The van der Waals surface area contributed by atoms with Gasteiger partial charge in [-0.15, -0.1) is 0 Å². The average Bonchev–Trinajstić information content (AvgIpc) is 2.44. The molecular weight excluding hydrogens is 326 g/mol. The van der Waals surface area contributed by atoms with Crippen LogP contribution in [-0.4, -0.2) is 43.6 Å². The van der Waals surface area contributed by atoms with Gasteiger partial charge in [-0.2, -0.15) is 0 Å². The van der Waals surface area contributed by atoms with Crippen molar-refractivity contribution in [3.8, 4) is 5.75 Å². The van der Waals surface area contributed by atoms with Gasteiger partial charge in [0.1, 0.15) is 12.3 Å². The molecule has 0 spiro atoms. The van der Waals surface area contributed by atoms with Crippen LogP contribution < -0.4 is 4.74 Å². The van der Waals surface area contributed by atoms with E-state index < -0.39 is 5.97 Å². The van der Waals surface area contributed by atoms with Crippen LogP contribution in [0.3, 0.4) is 0 Å². The zero-order valence-electron chi connectivity index (χ0n) is 11.6. The fraction of sp³-hybridized carbons (Fsp3) is 0.429. The number of benzene rings is 1. The van der Waals surface area contributed by atoms with Crippen molar-refractivity contribution in [1.29, 1.82) is 0 Å². The molecule has 6 heteroatoms. The summed E-state index contributed by atoms with van der Waals surface area (Å²) in [6, 6.07) is 7.40. The Morgan fingerprint density at radius 3 is 2.70 bits per heavy atom. The molecule has 1 aromatic carbocycles. The minimum atomic E-state index is -0.423. The summed E-state index contributed by atoms with van der Waals surface area (Å²) < 4.78 is 11.0. The first kappa shape index (κ1) is 16.5. The number of carbonyl (C=O) groups excluding carboxylic acids is 2. The number of methoxy groups -OCH3 is 1. The van der Waals surface area contributed by atoms with Crippen LogP contribution in [0, 0.1) is 0 Å². The topological polar surface area (TPSA) is 55.8 Å². The number of halogens is 1. The number of hydrogen-bond donors (Lipinski definition) is 0. The molecule has 20 heavy (non-hydrogen) atoms. The van der Waals surface area contributed by atoms with Crippen molar-refractivity contribution in [2.45, 2.75) is 13.3 Å². The van der Waals surface area contributed by atoms with E-state index in [0.29, 0.717) is 12.3 Å². The summed E-state index contributed by atoms with van der Waals surface area (Å²) in [5.41, 5.74) is 0. The summed E-state index contributed by atoms with van der Waals surface area (Å²) >= 11 is 3.35. The maximum atomic E-state index is 11.9. The molecule has 0 radical (unpaired) electrons. The van der Waals surface area contributed by atoms with Gasteiger partial charge < -0.3 is 14.4 Å². The van der Waals surface area contributed by atoms with Crippen molar-refractivity contribution in [3.05, 3.63) is 28.7 Å². The van der Waals surface area contributed by atoms with Gasteiger partial charge in [0.05, 0.1) is 20.1 Å². The van der Waals surface area contributed by atoms with E-state index in [0.717, 1.165) is 4.47 Å². The van der Waals surface area contributed by atoms with Crippen LogP contribution >= 0.6 is 15.9 Å². The van der Waals surface area contributed by atoms with Crippen LogP contribution in [0.1, 0.15) is 13.3 Å². The monoisotopic (exact) mass is 343 g/mol. The Kier molecular flexibility index (Phi) is 7.08. The molecule has 1 aromatic rings. The molecule has 0 unspecified atom stereocenters. The van der Waals surface area contributed by atoms with Crippen molar-refractivity contribution in [1.82, 2.24) is 4.90 Å². The summed E-state index contributed by atoms with van der Waals surface area (Å²) in [7, 11) is 1.30. The number of esters is 1. The second-order valence-electron chi connectivity index (χ2n) is 4.04. The van der Waals surface area contributed by atoms with E-state index in [1.165, 1.54) is 12.0 Å². The highest BCUT2D eigenvalue weighted by molar-refractivity contribution is 9.10. The Hall–Kier alpha value is -1.56. The molecule has 0 heterocycles. The van der Waals surface area contributed by atoms with Crippen LogP contribution in [0.2, 0.25) is 0 Å². The van der Waals surface area contributed by atoms with E-state index in [4.69, 9.17) is 4.74 Å². The average molecular weight is 344 g/mol. The molecule has 5 nitrogen and oxygen atoms in total. The summed E-state index contributed by atoms with van der Waals surface area (Å²) in [5, 5.41) is 0. The van der Waals surface area contributed by atoms with Crippen LogP contribution in [-0.2, 0) is 14.3 Å². The normalized spacial score (nSPS) is 9.95. The summed E-state index contributed by atoms with van der Waals surface area (Å²) in [6.45, 7) is 2.52. The lowest BCUT2D eigenvalue weighted by Crippen LogP contribution is -2.36. The molecule has 1 rings (SSSR count). The summed E-state index contributed by atoms with van der Waals surface area (Å²) in [6.07, 6.45) is 0.220. The molecule has 110 valence electrons. The van der Waals surface area contributed by atoms with Crippen LogP contribution in [0.4, 0.5) is 0 Å². The second-order valence-corrected chi connectivity index (χ2v) is 4.96. The van der Waals surface area contributed by atoms with Crippen LogP contribution in [0.25, 0.3) is 0 Å². The molecule has 0 aliphatic carbocycles. The third-order valence-corrected chi connectivity index (χ3v) is 3.16. The fourth-order valence-corrected chi connectivity index (χ4v) is 1.95. The molecule has 0 aliphatic rings. The highest BCUT2D eigenvalue weighted by atomic mass is 79.9. The van der Waals surface area contributed by atoms with E-state index in [9.17, 15) is 9.59 Å². The van der Waals surface area contributed by atoms with Gasteiger partial charge in [-0.05, 0) is 25.1 Å². The van der Waals surface area contributed by atoms with Gasteiger partial charge in [0.15, 0.2) is 0 Å². The Morgan fingerprint density at radius 1 is 1.35 bits per heavy atom. The predicted molar refractivity (Wildman–Crippen MR) is 78.5 cm³/mol. The van der Waals surface area contributed by atoms with Crippen molar-refractivity contribution >= 4 is 27.8 Å². The molecule has 0 saturated carbocycles. The third kappa shape index (κ3) is 5.61. The summed E-state index contributed by atoms with van der Waals surface area (Å²) in [4.78, 5) is 24.5. The van der Waals surface area contributed by atoms with E-state index in [1.54, 1.807) is 0 Å². The van der Waals surface area contributed by atoms with Crippen molar-refractivity contribution in [3.63, 3.8) is 0 Å². The molecule has 1 amide bonds. The largest absolute Gasteiger partial charge is 0.493 e. The van der Waals surface area contributed by atoms with Gasteiger partial charge in [0, 0.05) is 11.0 Å². The first-order valence-corrected chi connectivity index (χ1v) is 7.09. The minimum absolute atomic E-state index is 0.0251. The number of amides is 1. The second kappa shape index (κ2) is 8.58. The number of rotatable bonds is 7. The quantitative estimate of drug-likeness (QED) is 0.712. The van der Waals surface area contributed by atoms with Crippen LogP contribution in [0.15, 0.2) is 28.7 Å². The molecular formula is C14H18BrNO4. The SMILES string of the molecule is CCN(CC(=O)OC)C(=O)CCOc1cccc(Br)c1. The molecule has 0 fully saturated rings. The van der Waals surface area contributed by atoms with E-state index in [2.05, 4.69) is 20.7 Å². The predicted octanol–water partition coefficient (Wildman–Crippen LogP) is 2.24. The smallest absolute Gasteiger partial charge is 0.325 e. The Labute approximate surface area is 127 Å². The molecule has 0 aromatic heterocycles. The van der Waals surface area contributed by atoms with Crippen LogP contribution in [0.5, 0.6) is 5.75 Å². The molecule has 0 aliphatic heterocycles. The number of hydrogen-bond acceptors (Lipinski definition) is 4. The van der Waals surface area contributed by atoms with Gasteiger partial charge in [-0.25, -0.2) is 0 Å².